The molecular weight excluding hydrogens is 330 g/mol. The van der Waals surface area contributed by atoms with Crippen molar-refractivity contribution in [2.24, 2.45) is 11.8 Å². The molecule has 0 bridgehead atoms. The number of carbonyl (C=O) groups is 2. The minimum Gasteiger partial charge on any atom is -0.344 e. The Kier molecular flexibility index (Phi) is 4.55. The Hall–Kier alpha value is -1.48. The van der Waals surface area contributed by atoms with Gasteiger partial charge in [0.25, 0.3) is 0 Å². The van der Waals surface area contributed by atoms with Crippen molar-refractivity contribution in [3.63, 3.8) is 0 Å². The van der Waals surface area contributed by atoms with E-state index in [4.69, 9.17) is 0 Å². The maximum absolute atomic E-state index is 13.1. The highest BCUT2D eigenvalue weighted by atomic mass is 19.4. The van der Waals surface area contributed by atoms with Crippen LogP contribution in [0.3, 0.4) is 0 Å². The Morgan fingerprint density at radius 2 is 1.65 bits per heavy atom. The summed E-state index contributed by atoms with van der Waals surface area (Å²) in [6.07, 6.45) is -10.1. The van der Waals surface area contributed by atoms with Crippen LogP contribution in [-0.4, -0.2) is 47.7 Å². The van der Waals surface area contributed by atoms with Gasteiger partial charge in [0.15, 0.2) is 0 Å². The number of piperidine rings is 1. The van der Waals surface area contributed by atoms with E-state index in [1.54, 1.807) is 12.2 Å². The highest BCUT2D eigenvalue weighted by molar-refractivity contribution is 5.83. The van der Waals surface area contributed by atoms with E-state index in [0.717, 1.165) is 0 Å². The first-order valence-corrected chi connectivity index (χ1v) is 7.16. The molecule has 0 radical (unpaired) electrons. The number of amides is 2. The van der Waals surface area contributed by atoms with Crippen LogP contribution in [0.5, 0.6) is 0 Å². The first-order valence-electron chi connectivity index (χ1n) is 7.16. The number of hydrogen-bond donors (Lipinski definition) is 1. The fourth-order valence-electron chi connectivity index (χ4n) is 2.82. The lowest BCUT2D eigenvalue weighted by Crippen LogP contribution is -2.59. The van der Waals surface area contributed by atoms with Crippen molar-refractivity contribution in [2.75, 3.05) is 6.54 Å². The first-order chi connectivity index (χ1) is 10.4. The Balaban J connectivity index is 2.09. The molecule has 2 amide bonds. The summed E-state index contributed by atoms with van der Waals surface area (Å²) in [7, 11) is 0. The third kappa shape index (κ3) is 4.08. The summed E-state index contributed by atoms with van der Waals surface area (Å²) in [6, 6.07) is -3.15. The standard InChI is InChI=1S/C13H16F6N2O2/c1-6-4-8(6)10(22)21-5-7(20-11(23)13(17,18)19)2-3-9(21)12(14,15)16/h6-9H,2-5H2,1H3,(H,20,23). The SMILES string of the molecule is CC1CC1C(=O)N1CC(NC(=O)C(F)(F)F)CCC1C(F)(F)F. The molecule has 0 aromatic rings. The normalized spacial score (nSPS) is 31.7. The van der Waals surface area contributed by atoms with Gasteiger partial charge in [0.05, 0.1) is 0 Å². The molecule has 4 unspecified atom stereocenters. The summed E-state index contributed by atoms with van der Waals surface area (Å²) in [5.41, 5.74) is 0. The smallest absolute Gasteiger partial charge is 0.344 e. The molecule has 4 nitrogen and oxygen atoms in total. The van der Waals surface area contributed by atoms with Gasteiger partial charge in [0.2, 0.25) is 5.91 Å². The van der Waals surface area contributed by atoms with Crippen molar-refractivity contribution in [3.8, 4) is 0 Å². The molecule has 0 aromatic carbocycles. The van der Waals surface area contributed by atoms with E-state index in [-0.39, 0.29) is 12.3 Å². The molecule has 23 heavy (non-hydrogen) atoms. The second-order valence-electron chi connectivity index (χ2n) is 6.11. The van der Waals surface area contributed by atoms with Crippen LogP contribution in [0.2, 0.25) is 0 Å². The van der Waals surface area contributed by atoms with Crippen molar-refractivity contribution >= 4 is 11.8 Å². The average molecular weight is 346 g/mol. The van der Waals surface area contributed by atoms with Crippen LogP contribution >= 0.6 is 0 Å². The second kappa shape index (κ2) is 5.86. The van der Waals surface area contributed by atoms with Crippen molar-refractivity contribution in [1.29, 1.82) is 0 Å². The second-order valence-corrected chi connectivity index (χ2v) is 6.11. The number of nitrogens with zero attached hydrogens (tertiary/aromatic N) is 1. The molecule has 1 saturated heterocycles. The van der Waals surface area contributed by atoms with Crippen LogP contribution in [0.4, 0.5) is 26.3 Å². The lowest BCUT2D eigenvalue weighted by molar-refractivity contribution is -0.199. The molecule has 10 heteroatoms. The highest BCUT2D eigenvalue weighted by Crippen LogP contribution is 2.42. The third-order valence-corrected chi connectivity index (χ3v) is 4.26. The molecule has 2 aliphatic rings. The lowest BCUT2D eigenvalue weighted by Gasteiger charge is -2.40. The van der Waals surface area contributed by atoms with Gasteiger partial charge in [-0.1, -0.05) is 6.92 Å². The zero-order valence-electron chi connectivity index (χ0n) is 12.2. The van der Waals surface area contributed by atoms with E-state index in [1.807, 2.05) is 0 Å². The molecule has 132 valence electrons. The lowest BCUT2D eigenvalue weighted by atomic mass is 9.96. The highest BCUT2D eigenvalue weighted by Gasteiger charge is 2.52. The predicted octanol–water partition coefficient (Wildman–Crippen LogP) is 2.24. The van der Waals surface area contributed by atoms with Crippen LogP contribution in [-0.2, 0) is 9.59 Å². The van der Waals surface area contributed by atoms with Gasteiger partial charge in [-0.05, 0) is 25.2 Å². The number of nitrogens with one attached hydrogen (secondary N) is 1. The third-order valence-electron chi connectivity index (χ3n) is 4.26. The monoisotopic (exact) mass is 346 g/mol. The summed E-state index contributed by atoms with van der Waals surface area (Å²) in [6.45, 7) is 1.16. The first kappa shape index (κ1) is 17.9. The average Bonchev–Trinajstić information content (AvgIpc) is 3.12. The molecule has 1 N–H and O–H groups in total. The molecule has 2 rings (SSSR count). The largest absolute Gasteiger partial charge is 0.471 e. The number of likely N-dealkylation sites (tertiary alicyclic amines) is 1. The molecule has 0 aromatic heterocycles. The Morgan fingerprint density at radius 3 is 2.09 bits per heavy atom. The van der Waals surface area contributed by atoms with Gasteiger partial charge in [-0.2, -0.15) is 26.3 Å². The van der Waals surface area contributed by atoms with Crippen LogP contribution in [0.25, 0.3) is 0 Å². The molecule has 1 heterocycles. The summed E-state index contributed by atoms with van der Waals surface area (Å²) < 4.78 is 75.9. The van der Waals surface area contributed by atoms with Crippen LogP contribution in [0, 0.1) is 11.8 Å². The van der Waals surface area contributed by atoms with Gasteiger partial charge < -0.3 is 10.2 Å². The zero-order valence-corrected chi connectivity index (χ0v) is 12.2. The van der Waals surface area contributed by atoms with Crippen LogP contribution in [0.15, 0.2) is 0 Å². The summed E-state index contributed by atoms with van der Waals surface area (Å²) in [4.78, 5) is 23.7. The van der Waals surface area contributed by atoms with Gasteiger partial charge in [-0.25, -0.2) is 0 Å². The van der Waals surface area contributed by atoms with Crippen molar-refractivity contribution < 1.29 is 35.9 Å². The van der Waals surface area contributed by atoms with Gasteiger partial charge in [0, 0.05) is 18.5 Å². The van der Waals surface area contributed by atoms with Crippen molar-refractivity contribution in [2.45, 2.75) is 50.6 Å². The molecule has 4 atom stereocenters. The van der Waals surface area contributed by atoms with E-state index in [1.165, 1.54) is 0 Å². The van der Waals surface area contributed by atoms with Crippen LogP contribution < -0.4 is 5.32 Å². The number of alkyl halides is 6. The van der Waals surface area contributed by atoms with E-state index in [9.17, 15) is 35.9 Å². The number of hydrogen-bond acceptors (Lipinski definition) is 2. The maximum atomic E-state index is 13.1. The fourth-order valence-corrected chi connectivity index (χ4v) is 2.82. The van der Waals surface area contributed by atoms with Crippen molar-refractivity contribution in [3.05, 3.63) is 0 Å². The number of halogens is 6. The molecular formula is C13H16F6N2O2. The molecule has 1 aliphatic carbocycles. The summed E-state index contributed by atoms with van der Waals surface area (Å²) >= 11 is 0. The molecule has 0 spiro atoms. The van der Waals surface area contributed by atoms with Crippen molar-refractivity contribution in [1.82, 2.24) is 10.2 Å². The predicted molar refractivity (Wildman–Crippen MR) is 66.0 cm³/mol. The Labute approximate surface area is 128 Å². The van der Waals surface area contributed by atoms with E-state index in [0.29, 0.717) is 11.3 Å². The Morgan fingerprint density at radius 1 is 1.09 bits per heavy atom. The maximum Gasteiger partial charge on any atom is 0.471 e. The number of rotatable bonds is 2. The molecule has 1 aliphatic heterocycles. The van der Waals surface area contributed by atoms with E-state index < -0.39 is 55.1 Å². The Bertz CT molecular complexity index is 490. The fraction of sp³-hybridized carbons (Fsp3) is 0.846. The van der Waals surface area contributed by atoms with Gasteiger partial charge in [0.1, 0.15) is 6.04 Å². The topological polar surface area (TPSA) is 49.4 Å². The van der Waals surface area contributed by atoms with E-state index in [2.05, 4.69) is 0 Å². The summed E-state index contributed by atoms with van der Waals surface area (Å²) in [5, 5.41) is 1.66. The van der Waals surface area contributed by atoms with Gasteiger partial charge >= 0.3 is 18.3 Å². The van der Waals surface area contributed by atoms with E-state index >= 15 is 0 Å². The summed E-state index contributed by atoms with van der Waals surface area (Å²) in [5.74, 6) is -3.45. The van der Waals surface area contributed by atoms with Gasteiger partial charge in [-0.15, -0.1) is 0 Å². The zero-order chi connectivity index (χ0) is 17.6. The molecule has 1 saturated carbocycles. The van der Waals surface area contributed by atoms with Crippen LogP contribution in [0.1, 0.15) is 26.2 Å². The quantitative estimate of drug-likeness (QED) is 0.780. The minimum absolute atomic E-state index is 0.0264. The number of carbonyl (C=O) groups excluding carboxylic acids is 2. The molecule has 2 fully saturated rings. The minimum atomic E-state index is -5.11. The van der Waals surface area contributed by atoms with Gasteiger partial charge in [-0.3, -0.25) is 9.59 Å².